The minimum atomic E-state index is -3.44. The van der Waals surface area contributed by atoms with E-state index >= 15 is 0 Å². The van der Waals surface area contributed by atoms with Crippen LogP contribution >= 0.6 is 58.2 Å². The zero-order chi connectivity index (χ0) is 10.2. The van der Waals surface area contributed by atoms with E-state index in [0.717, 1.165) is 0 Å². The molecule has 74 valence electrons. The molecular weight excluding hydrogens is 286 g/mol. The van der Waals surface area contributed by atoms with Crippen molar-refractivity contribution in [2.45, 2.75) is 9.74 Å². The predicted molar refractivity (Wildman–Crippen MR) is 52.5 cm³/mol. The number of nitrogens with one attached hydrogen (secondary N) is 1. The van der Waals surface area contributed by atoms with Gasteiger partial charge >= 0.3 is 4.71 Å². The summed E-state index contributed by atoms with van der Waals surface area (Å²) in [6.45, 7) is 0. The van der Waals surface area contributed by atoms with Crippen LogP contribution in [-0.4, -0.2) is 9.70 Å². The Balaban J connectivity index is 2.97. The first-order valence-corrected chi connectivity index (χ1v) is 5.12. The molecule has 0 amide bonds. The van der Waals surface area contributed by atoms with E-state index in [-0.39, 0.29) is 32.0 Å². The van der Waals surface area contributed by atoms with Gasteiger partial charge in [-0.15, -0.1) is 0 Å². The van der Waals surface area contributed by atoms with Gasteiger partial charge in [-0.1, -0.05) is 34.8 Å². The van der Waals surface area contributed by atoms with Gasteiger partial charge in [0.15, 0.2) is 0 Å². The Kier molecular flexibility index (Phi) is 3.63. The molecule has 1 aromatic rings. The van der Waals surface area contributed by atoms with Crippen LogP contribution in [0.25, 0.3) is 0 Å². The Bertz CT molecular complexity index is 321. The molecule has 0 radical (unpaired) electrons. The topological polar surface area (TPSA) is 15.8 Å². The van der Waals surface area contributed by atoms with Gasteiger partial charge in [0, 0.05) is 0 Å². The number of H-pyrrole nitrogens is 1. The number of hydrogen-bond donors (Lipinski definition) is 1. The summed E-state index contributed by atoms with van der Waals surface area (Å²) in [6, 6.07) is 0. The molecule has 8 heteroatoms. The van der Waals surface area contributed by atoms with Crippen molar-refractivity contribution in [3.63, 3.8) is 0 Å². The first-order chi connectivity index (χ1) is 5.81. The van der Waals surface area contributed by atoms with Crippen LogP contribution in [0.15, 0.2) is 5.03 Å². The van der Waals surface area contributed by atoms with E-state index in [1.165, 1.54) is 0 Å². The average Bonchev–Trinajstić information content (AvgIpc) is 2.15. The molecule has 1 nitrogen and oxygen atoms in total. The van der Waals surface area contributed by atoms with E-state index in [9.17, 15) is 8.78 Å². The molecule has 1 N–H and O–H groups in total. The summed E-state index contributed by atoms with van der Waals surface area (Å²) in [6.07, 6.45) is 0. The van der Waals surface area contributed by atoms with E-state index in [4.69, 9.17) is 34.8 Å². The molecule has 1 rings (SSSR count). The van der Waals surface area contributed by atoms with Crippen molar-refractivity contribution < 1.29 is 8.78 Å². The van der Waals surface area contributed by atoms with Gasteiger partial charge in [0.2, 0.25) is 0 Å². The van der Waals surface area contributed by atoms with Crippen LogP contribution in [-0.2, 0) is 0 Å². The smallest absolute Gasteiger partial charge is 0.338 e. The fourth-order valence-electron chi connectivity index (χ4n) is 0.591. The maximum atomic E-state index is 12.3. The van der Waals surface area contributed by atoms with Crippen molar-refractivity contribution in [1.29, 1.82) is 0 Å². The van der Waals surface area contributed by atoms with Gasteiger partial charge < -0.3 is 4.98 Å². The lowest BCUT2D eigenvalue weighted by molar-refractivity contribution is 0.203. The molecule has 0 saturated heterocycles. The molecule has 1 aromatic heterocycles. The third kappa shape index (κ3) is 3.06. The molecule has 1 heterocycles. The maximum absolute atomic E-state index is 12.3. The fraction of sp³-hybridized carbons (Fsp3) is 0.200. The molecule has 0 spiro atoms. The molecule has 0 atom stereocenters. The highest BCUT2D eigenvalue weighted by Crippen LogP contribution is 2.45. The first kappa shape index (κ1) is 11.7. The summed E-state index contributed by atoms with van der Waals surface area (Å²) >= 11 is 21.3. The van der Waals surface area contributed by atoms with Crippen LogP contribution in [0.2, 0.25) is 15.2 Å². The second-order valence-corrected chi connectivity index (χ2v) is 4.90. The van der Waals surface area contributed by atoms with Crippen LogP contribution in [0, 0.1) is 0 Å². The Morgan fingerprint density at radius 2 is 1.69 bits per heavy atom. The lowest BCUT2D eigenvalue weighted by atomic mass is 10.6. The highest BCUT2D eigenvalue weighted by molar-refractivity contribution is 8.01. The lowest BCUT2D eigenvalue weighted by Gasteiger charge is -2.04. The van der Waals surface area contributed by atoms with E-state index in [1.807, 2.05) is 0 Å². The summed E-state index contributed by atoms with van der Waals surface area (Å²) in [5, 5.41) is -0.101. The molecule has 0 fully saturated rings. The van der Waals surface area contributed by atoms with Crippen LogP contribution in [0.5, 0.6) is 0 Å². The SMILES string of the molecule is FC(F)(Cl)Sc1[nH]c(Cl)c(Cl)c1Cl. The van der Waals surface area contributed by atoms with Gasteiger partial charge in [0.1, 0.15) is 10.2 Å². The summed E-state index contributed by atoms with van der Waals surface area (Å²) in [4.78, 5) is 2.37. The third-order valence-electron chi connectivity index (χ3n) is 1.03. The zero-order valence-electron chi connectivity index (χ0n) is 5.68. The molecule has 0 saturated carbocycles. The van der Waals surface area contributed by atoms with E-state index in [2.05, 4.69) is 16.6 Å². The minimum absolute atomic E-state index is 0.00625. The average molecular weight is 287 g/mol. The summed E-state index contributed by atoms with van der Waals surface area (Å²) in [5.74, 6) is 0. The number of rotatable bonds is 2. The minimum Gasteiger partial charge on any atom is -0.338 e. The number of thioether (sulfide) groups is 1. The van der Waals surface area contributed by atoms with Crippen LogP contribution in [0.3, 0.4) is 0 Å². The molecule has 0 aromatic carbocycles. The molecule has 0 aliphatic carbocycles. The standard InChI is InChI=1S/C5HCl4F2NS/c6-1-2(7)4(12-3(1)8)13-5(9,10)11/h12H. The largest absolute Gasteiger partial charge is 0.377 e. The summed E-state index contributed by atoms with van der Waals surface area (Å²) in [7, 11) is 0. The van der Waals surface area contributed by atoms with Gasteiger partial charge in [0.25, 0.3) is 0 Å². The van der Waals surface area contributed by atoms with Crippen LogP contribution in [0.1, 0.15) is 0 Å². The van der Waals surface area contributed by atoms with E-state index in [0.29, 0.717) is 0 Å². The maximum Gasteiger partial charge on any atom is 0.377 e. The Labute approximate surface area is 96.7 Å². The van der Waals surface area contributed by atoms with Crippen molar-refractivity contribution in [1.82, 2.24) is 4.98 Å². The van der Waals surface area contributed by atoms with Crippen molar-refractivity contribution >= 4 is 58.2 Å². The summed E-state index contributed by atoms with van der Waals surface area (Å²) < 4.78 is 21.1. The highest BCUT2D eigenvalue weighted by Gasteiger charge is 2.29. The summed E-state index contributed by atoms with van der Waals surface area (Å²) in [5.41, 5.74) is 0. The Morgan fingerprint density at radius 3 is 2.00 bits per heavy atom. The molecule has 13 heavy (non-hydrogen) atoms. The van der Waals surface area contributed by atoms with E-state index < -0.39 is 4.71 Å². The highest BCUT2D eigenvalue weighted by atomic mass is 35.5. The van der Waals surface area contributed by atoms with Crippen LogP contribution in [0.4, 0.5) is 8.78 Å². The van der Waals surface area contributed by atoms with Gasteiger partial charge in [-0.25, -0.2) is 0 Å². The lowest BCUT2D eigenvalue weighted by Crippen LogP contribution is -1.97. The quantitative estimate of drug-likeness (QED) is 0.607. The molecule has 0 aliphatic rings. The number of halogens is 6. The Hall–Kier alpha value is 0.650. The van der Waals surface area contributed by atoms with Crippen LogP contribution < -0.4 is 0 Å². The zero-order valence-corrected chi connectivity index (χ0v) is 9.52. The van der Waals surface area contributed by atoms with Gasteiger partial charge in [-0.2, -0.15) is 8.78 Å². The number of alkyl halides is 3. The third-order valence-corrected chi connectivity index (χ3v) is 3.34. The molecule has 0 bridgehead atoms. The first-order valence-electron chi connectivity index (χ1n) is 2.79. The second-order valence-electron chi connectivity index (χ2n) is 1.94. The van der Waals surface area contributed by atoms with Crippen molar-refractivity contribution in [3.8, 4) is 0 Å². The van der Waals surface area contributed by atoms with Gasteiger partial charge in [-0.3, -0.25) is 0 Å². The molecule has 0 unspecified atom stereocenters. The monoisotopic (exact) mass is 285 g/mol. The van der Waals surface area contributed by atoms with Crippen molar-refractivity contribution in [2.75, 3.05) is 0 Å². The number of hydrogen-bond acceptors (Lipinski definition) is 1. The predicted octanol–water partition coefficient (Wildman–Crippen LogP) is 4.86. The van der Waals surface area contributed by atoms with Crippen molar-refractivity contribution in [2.24, 2.45) is 0 Å². The normalized spacial score (nSPS) is 12.2. The van der Waals surface area contributed by atoms with Gasteiger partial charge in [0.05, 0.1) is 10.0 Å². The van der Waals surface area contributed by atoms with Gasteiger partial charge in [-0.05, 0) is 23.4 Å². The van der Waals surface area contributed by atoms with Crippen molar-refractivity contribution in [3.05, 3.63) is 15.2 Å². The number of aromatic amines is 1. The number of aromatic nitrogens is 1. The second kappa shape index (κ2) is 4.03. The molecule has 0 aliphatic heterocycles. The molecular formula is C5HCl4F2NS. The fourth-order valence-corrected chi connectivity index (χ4v) is 2.15. The van der Waals surface area contributed by atoms with E-state index in [1.54, 1.807) is 0 Å². The Morgan fingerprint density at radius 1 is 1.15 bits per heavy atom.